The first-order valence-electron chi connectivity index (χ1n) is 8.78. The molecule has 1 amide bonds. The fraction of sp³-hybridized carbons (Fsp3) is 0.0952. The number of hydrogen-bond donors (Lipinski definition) is 1. The third-order valence-electron chi connectivity index (χ3n) is 4.72. The van der Waals surface area contributed by atoms with Crippen LogP contribution in [0.15, 0.2) is 66.7 Å². The molecule has 0 saturated carbocycles. The van der Waals surface area contributed by atoms with Gasteiger partial charge in [0.25, 0.3) is 5.69 Å². The number of nitro groups is 1. The molecule has 6 nitrogen and oxygen atoms in total. The van der Waals surface area contributed by atoms with E-state index in [-0.39, 0.29) is 0 Å². The summed E-state index contributed by atoms with van der Waals surface area (Å²) in [5.74, 6) is -0.771. The second-order valence-corrected chi connectivity index (χ2v) is 6.58. The Morgan fingerprint density at radius 3 is 2.07 bits per heavy atom. The van der Waals surface area contributed by atoms with E-state index in [1.54, 1.807) is 48.5 Å². The standard InChI is InChI=1S/C21H13F3N2O4/c22-21(23,24)15-11-12(26(28)29)9-10-16(15)25-20(27)19-13-5-1-3-7-17(13)30-18-8-4-2-6-14(18)19/h1-11,19H,(H,25,27). The number of alkyl halides is 3. The molecular weight excluding hydrogens is 401 g/mol. The number of nitrogens with one attached hydrogen (secondary N) is 1. The zero-order chi connectivity index (χ0) is 21.5. The molecule has 0 radical (unpaired) electrons. The number of ether oxygens (including phenoxy) is 1. The van der Waals surface area contributed by atoms with E-state index in [0.29, 0.717) is 28.7 Å². The van der Waals surface area contributed by atoms with Gasteiger partial charge in [-0.3, -0.25) is 14.9 Å². The van der Waals surface area contributed by atoms with Crippen molar-refractivity contribution in [2.75, 3.05) is 5.32 Å². The van der Waals surface area contributed by atoms with Crippen molar-refractivity contribution < 1.29 is 27.6 Å². The summed E-state index contributed by atoms with van der Waals surface area (Å²) in [5, 5.41) is 13.2. The Labute approximate surface area is 168 Å². The number of benzene rings is 3. The maximum absolute atomic E-state index is 13.5. The zero-order valence-electron chi connectivity index (χ0n) is 15.1. The minimum Gasteiger partial charge on any atom is -0.457 e. The van der Waals surface area contributed by atoms with Crippen molar-refractivity contribution in [2.24, 2.45) is 0 Å². The number of non-ortho nitro benzene ring substituents is 1. The van der Waals surface area contributed by atoms with Crippen LogP contribution in [0.1, 0.15) is 22.6 Å². The molecule has 3 aromatic rings. The Morgan fingerprint density at radius 1 is 0.967 bits per heavy atom. The molecule has 0 bridgehead atoms. The van der Waals surface area contributed by atoms with Crippen LogP contribution >= 0.6 is 0 Å². The first-order chi connectivity index (χ1) is 14.3. The second-order valence-electron chi connectivity index (χ2n) is 6.58. The van der Waals surface area contributed by atoms with Crippen LogP contribution in [-0.4, -0.2) is 10.8 Å². The number of nitrogens with zero attached hydrogens (tertiary/aromatic N) is 1. The van der Waals surface area contributed by atoms with Gasteiger partial charge in [0, 0.05) is 23.3 Å². The highest BCUT2D eigenvalue weighted by Crippen LogP contribution is 2.45. The van der Waals surface area contributed by atoms with Gasteiger partial charge < -0.3 is 10.1 Å². The van der Waals surface area contributed by atoms with Gasteiger partial charge >= 0.3 is 6.18 Å². The highest BCUT2D eigenvalue weighted by Gasteiger charge is 2.37. The van der Waals surface area contributed by atoms with Crippen LogP contribution in [0.3, 0.4) is 0 Å². The van der Waals surface area contributed by atoms with Gasteiger partial charge in [-0.25, -0.2) is 0 Å². The summed E-state index contributed by atoms with van der Waals surface area (Å²) in [7, 11) is 0. The number of amides is 1. The Morgan fingerprint density at radius 2 is 1.53 bits per heavy atom. The van der Waals surface area contributed by atoms with Crippen molar-refractivity contribution in [1.82, 2.24) is 0 Å². The van der Waals surface area contributed by atoms with Crippen molar-refractivity contribution in [3.8, 4) is 11.5 Å². The summed E-state index contributed by atoms with van der Waals surface area (Å²) >= 11 is 0. The lowest BCUT2D eigenvalue weighted by Gasteiger charge is -2.27. The molecule has 152 valence electrons. The first-order valence-corrected chi connectivity index (χ1v) is 8.78. The number of carbonyl (C=O) groups excluding carboxylic acids is 1. The van der Waals surface area contributed by atoms with Gasteiger partial charge in [-0.1, -0.05) is 36.4 Å². The fourth-order valence-corrected chi connectivity index (χ4v) is 3.39. The third kappa shape index (κ3) is 3.45. The maximum atomic E-state index is 13.5. The molecule has 0 saturated heterocycles. The topological polar surface area (TPSA) is 81.5 Å². The molecule has 30 heavy (non-hydrogen) atoms. The van der Waals surface area contributed by atoms with Crippen LogP contribution in [0.4, 0.5) is 24.5 Å². The van der Waals surface area contributed by atoms with Gasteiger partial charge in [0.1, 0.15) is 11.5 Å². The quantitative estimate of drug-likeness (QED) is 0.454. The van der Waals surface area contributed by atoms with Crippen LogP contribution < -0.4 is 10.1 Å². The second kappa shape index (κ2) is 7.18. The van der Waals surface area contributed by atoms with Crippen LogP contribution in [0.2, 0.25) is 0 Å². The highest BCUT2D eigenvalue weighted by molar-refractivity contribution is 6.00. The molecular formula is C21H13F3N2O4. The molecule has 0 spiro atoms. The summed E-state index contributed by atoms with van der Waals surface area (Å²) in [5.41, 5.74) is -1.56. The third-order valence-corrected chi connectivity index (χ3v) is 4.72. The Hall–Kier alpha value is -3.88. The van der Waals surface area contributed by atoms with Gasteiger partial charge in [0.05, 0.1) is 22.1 Å². The molecule has 1 heterocycles. The van der Waals surface area contributed by atoms with E-state index in [0.717, 1.165) is 12.1 Å². The Kier molecular flexibility index (Phi) is 4.65. The van der Waals surface area contributed by atoms with E-state index in [9.17, 15) is 28.1 Å². The van der Waals surface area contributed by atoms with Crippen molar-refractivity contribution >= 4 is 17.3 Å². The smallest absolute Gasteiger partial charge is 0.418 e. The summed E-state index contributed by atoms with van der Waals surface area (Å²) < 4.78 is 46.2. The lowest BCUT2D eigenvalue weighted by molar-refractivity contribution is -0.385. The number of carbonyl (C=O) groups is 1. The van der Waals surface area contributed by atoms with Crippen LogP contribution in [0, 0.1) is 10.1 Å². The van der Waals surface area contributed by atoms with Gasteiger partial charge in [0.2, 0.25) is 5.91 Å². The minimum atomic E-state index is -4.89. The number of para-hydroxylation sites is 2. The largest absolute Gasteiger partial charge is 0.457 e. The monoisotopic (exact) mass is 414 g/mol. The van der Waals surface area contributed by atoms with E-state index in [1.807, 2.05) is 0 Å². The van der Waals surface area contributed by atoms with Gasteiger partial charge in [-0.2, -0.15) is 13.2 Å². The summed E-state index contributed by atoms with van der Waals surface area (Å²) in [4.78, 5) is 23.1. The highest BCUT2D eigenvalue weighted by atomic mass is 19.4. The van der Waals surface area contributed by atoms with Gasteiger partial charge in [0.15, 0.2) is 0 Å². The molecule has 0 aromatic heterocycles. The fourth-order valence-electron chi connectivity index (χ4n) is 3.39. The lowest BCUT2D eigenvalue weighted by atomic mass is 9.87. The van der Waals surface area contributed by atoms with Crippen LogP contribution in [0.25, 0.3) is 0 Å². The Balaban J connectivity index is 1.76. The summed E-state index contributed by atoms with van der Waals surface area (Å²) in [6.07, 6.45) is -4.89. The minimum absolute atomic E-state index is 0.404. The first kappa shape index (κ1) is 19.4. The molecule has 1 aliphatic heterocycles. The molecule has 4 rings (SSSR count). The average molecular weight is 414 g/mol. The molecule has 0 fully saturated rings. The Bertz CT molecular complexity index is 1120. The number of halogens is 3. The maximum Gasteiger partial charge on any atom is 0.418 e. The SMILES string of the molecule is O=C(Nc1ccc([N+](=O)[O-])cc1C(F)(F)F)C1c2ccccc2Oc2ccccc21. The molecule has 1 N–H and O–H groups in total. The van der Waals surface area contributed by atoms with Crippen molar-refractivity contribution in [3.63, 3.8) is 0 Å². The number of nitro benzene ring substituents is 1. The van der Waals surface area contributed by atoms with Crippen molar-refractivity contribution in [2.45, 2.75) is 12.1 Å². The zero-order valence-corrected chi connectivity index (χ0v) is 15.1. The summed E-state index contributed by atoms with van der Waals surface area (Å²) in [6, 6.07) is 15.7. The number of anilines is 1. The average Bonchev–Trinajstić information content (AvgIpc) is 2.71. The van der Waals surface area contributed by atoms with Crippen LogP contribution in [0.5, 0.6) is 11.5 Å². The number of hydrogen-bond acceptors (Lipinski definition) is 4. The van der Waals surface area contributed by atoms with Crippen molar-refractivity contribution in [3.05, 3.63) is 93.5 Å². The van der Waals surface area contributed by atoms with E-state index >= 15 is 0 Å². The molecule has 0 atom stereocenters. The molecule has 9 heteroatoms. The lowest BCUT2D eigenvalue weighted by Crippen LogP contribution is -2.26. The van der Waals surface area contributed by atoms with E-state index in [4.69, 9.17) is 4.74 Å². The normalized spacial score (nSPS) is 13.0. The molecule has 0 aliphatic carbocycles. The number of fused-ring (bicyclic) bond motifs is 2. The van der Waals surface area contributed by atoms with Gasteiger partial charge in [-0.15, -0.1) is 0 Å². The van der Waals surface area contributed by atoms with E-state index in [1.165, 1.54) is 0 Å². The predicted molar refractivity (Wildman–Crippen MR) is 102 cm³/mol. The van der Waals surface area contributed by atoms with E-state index < -0.39 is 39.9 Å². The van der Waals surface area contributed by atoms with Crippen molar-refractivity contribution in [1.29, 1.82) is 0 Å². The predicted octanol–water partition coefficient (Wildman–Crippen LogP) is 5.49. The molecule has 3 aromatic carbocycles. The summed E-state index contributed by atoms with van der Waals surface area (Å²) in [6.45, 7) is 0. The van der Waals surface area contributed by atoms with Crippen LogP contribution in [-0.2, 0) is 11.0 Å². The van der Waals surface area contributed by atoms with E-state index in [2.05, 4.69) is 5.32 Å². The number of rotatable bonds is 3. The molecule has 1 aliphatic rings. The molecule has 0 unspecified atom stereocenters. The van der Waals surface area contributed by atoms with Gasteiger partial charge in [-0.05, 0) is 18.2 Å².